The van der Waals surface area contributed by atoms with E-state index < -0.39 is 0 Å². The van der Waals surface area contributed by atoms with Crippen LogP contribution in [-0.2, 0) is 4.79 Å². The summed E-state index contributed by atoms with van der Waals surface area (Å²) >= 11 is 3.43. The van der Waals surface area contributed by atoms with Crippen LogP contribution in [0.15, 0.2) is 53.0 Å². The van der Waals surface area contributed by atoms with Gasteiger partial charge in [-0.25, -0.2) is 0 Å². The number of hydrogen-bond acceptors (Lipinski definition) is 2. The van der Waals surface area contributed by atoms with E-state index in [0.717, 1.165) is 35.1 Å². The van der Waals surface area contributed by atoms with Gasteiger partial charge in [0.15, 0.2) is 0 Å². The summed E-state index contributed by atoms with van der Waals surface area (Å²) in [6.45, 7) is 2.81. The third-order valence-corrected chi connectivity index (χ3v) is 5.03. The van der Waals surface area contributed by atoms with E-state index in [-0.39, 0.29) is 17.9 Å². The van der Waals surface area contributed by atoms with Crippen molar-refractivity contribution >= 4 is 33.4 Å². The number of nitrogens with zero attached hydrogens (tertiary/aromatic N) is 1. The van der Waals surface area contributed by atoms with E-state index in [1.54, 1.807) is 17.0 Å². The lowest BCUT2D eigenvalue weighted by Gasteiger charge is -2.19. The van der Waals surface area contributed by atoms with Gasteiger partial charge in [-0.15, -0.1) is 0 Å². The van der Waals surface area contributed by atoms with Gasteiger partial charge in [-0.2, -0.15) is 0 Å². The minimum Gasteiger partial charge on any atom is -0.345 e. The van der Waals surface area contributed by atoms with Crippen LogP contribution in [0.4, 0.5) is 5.69 Å². The number of hydrogen-bond donors (Lipinski definition) is 1. The quantitative estimate of drug-likeness (QED) is 0.805. The molecule has 1 N–H and O–H groups in total. The van der Waals surface area contributed by atoms with Crippen molar-refractivity contribution in [1.29, 1.82) is 0 Å². The smallest absolute Gasteiger partial charge is 0.251 e. The number of carbonyl (C=O) groups is 2. The van der Waals surface area contributed by atoms with Gasteiger partial charge in [0.05, 0.1) is 6.04 Å². The highest BCUT2D eigenvalue weighted by atomic mass is 79.9. The Balaban J connectivity index is 1.69. The molecule has 1 aliphatic heterocycles. The third-order valence-electron chi connectivity index (χ3n) is 4.50. The maximum Gasteiger partial charge on any atom is 0.251 e. The van der Waals surface area contributed by atoms with E-state index in [1.807, 2.05) is 36.4 Å². The summed E-state index contributed by atoms with van der Waals surface area (Å²) in [4.78, 5) is 26.1. The van der Waals surface area contributed by atoms with Crippen LogP contribution in [-0.4, -0.2) is 18.4 Å². The van der Waals surface area contributed by atoms with Crippen LogP contribution < -0.4 is 10.2 Å². The highest BCUT2D eigenvalue weighted by molar-refractivity contribution is 9.10. The van der Waals surface area contributed by atoms with Gasteiger partial charge in [0.25, 0.3) is 5.91 Å². The van der Waals surface area contributed by atoms with Crippen molar-refractivity contribution in [3.63, 3.8) is 0 Å². The van der Waals surface area contributed by atoms with Crippen LogP contribution in [0, 0.1) is 0 Å². The summed E-state index contributed by atoms with van der Waals surface area (Å²) in [5.41, 5.74) is 2.54. The van der Waals surface area contributed by atoms with Crippen molar-refractivity contribution in [2.75, 3.05) is 11.4 Å². The van der Waals surface area contributed by atoms with E-state index >= 15 is 0 Å². The third kappa shape index (κ3) is 4.10. The zero-order valence-electron chi connectivity index (χ0n) is 14.2. The van der Waals surface area contributed by atoms with Gasteiger partial charge in [0.1, 0.15) is 0 Å². The molecule has 2 amide bonds. The molecular weight excluding hydrogens is 380 g/mol. The number of benzene rings is 2. The van der Waals surface area contributed by atoms with Gasteiger partial charge in [-0.1, -0.05) is 35.0 Å². The number of carbonyl (C=O) groups excluding carboxylic acids is 2. The number of anilines is 1. The number of rotatable bonds is 5. The van der Waals surface area contributed by atoms with E-state index in [1.165, 1.54) is 0 Å². The van der Waals surface area contributed by atoms with Crippen LogP contribution in [0.2, 0.25) is 0 Å². The summed E-state index contributed by atoms with van der Waals surface area (Å²) in [6.07, 6.45) is 2.31. The SMILES string of the molecule is CCC(NC(=O)c1ccc(N2CCCC2=O)cc1)c1ccc(Br)cc1. The largest absolute Gasteiger partial charge is 0.345 e. The Morgan fingerprint density at radius 2 is 1.84 bits per heavy atom. The molecule has 0 spiro atoms. The first-order valence-corrected chi connectivity index (χ1v) is 9.34. The molecule has 0 saturated carbocycles. The maximum atomic E-state index is 12.6. The van der Waals surface area contributed by atoms with Crippen molar-refractivity contribution in [2.45, 2.75) is 32.2 Å². The monoisotopic (exact) mass is 400 g/mol. The summed E-state index contributed by atoms with van der Waals surface area (Å²) in [6, 6.07) is 15.2. The van der Waals surface area contributed by atoms with Crippen molar-refractivity contribution in [3.8, 4) is 0 Å². The normalized spacial score (nSPS) is 15.3. The lowest BCUT2D eigenvalue weighted by atomic mass is 10.0. The second-order valence-corrected chi connectivity index (χ2v) is 7.10. The molecular formula is C20H21BrN2O2. The van der Waals surface area contributed by atoms with Gasteiger partial charge in [-0.05, 0) is 54.8 Å². The van der Waals surface area contributed by atoms with Crippen LogP contribution in [0.1, 0.15) is 48.1 Å². The van der Waals surface area contributed by atoms with E-state index in [0.29, 0.717) is 12.0 Å². The second-order valence-electron chi connectivity index (χ2n) is 6.18. The molecule has 5 heteroatoms. The van der Waals surface area contributed by atoms with E-state index in [2.05, 4.69) is 28.2 Å². The highest BCUT2D eigenvalue weighted by Gasteiger charge is 2.22. The Bertz CT molecular complexity index is 756. The fourth-order valence-electron chi connectivity index (χ4n) is 3.07. The standard InChI is InChI=1S/C20H21BrN2O2/c1-2-18(14-5-9-16(21)10-6-14)22-20(25)15-7-11-17(12-8-15)23-13-3-4-19(23)24/h5-12,18H,2-4,13H2,1H3,(H,22,25). The fourth-order valence-corrected chi connectivity index (χ4v) is 3.34. The first-order valence-electron chi connectivity index (χ1n) is 8.55. The van der Waals surface area contributed by atoms with Crippen molar-refractivity contribution < 1.29 is 9.59 Å². The van der Waals surface area contributed by atoms with E-state index in [4.69, 9.17) is 0 Å². The zero-order valence-corrected chi connectivity index (χ0v) is 15.8. The lowest BCUT2D eigenvalue weighted by Crippen LogP contribution is -2.28. The molecule has 1 unspecified atom stereocenters. The van der Waals surface area contributed by atoms with Gasteiger partial charge < -0.3 is 10.2 Å². The summed E-state index contributed by atoms with van der Waals surface area (Å²) in [5.74, 6) is 0.0487. The van der Waals surface area contributed by atoms with Crippen molar-refractivity contribution in [2.24, 2.45) is 0 Å². The van der Waals surface area contributed by atoms with Crippen LogP contribution in [0.3, 0.4) is 0 Å². The molecule has 4 nitrogen and oxygen atoms in total. The number of amides is 2. The molecule has 1 atom stereocenters. The molecule has 130 valence electrons. The van der Waals surface area contributed by atoms with Gasteiger partial charge in [-0.3, -0.25) is 9.59 Å². The number of nitrogens with one attached hydrogen (secondary N) is 1. The molecule has 3 rings (SSSR count). The molecule has 1 heterocycles. The molecule has 0 radical (unpaired) electrons. The van der Waals surface area contributed by atoms with Crippen LogP contribution >= 0.6 is 15.9 Å². The van der Waals surface area contributed by atoms with Gasteiger partial charge >= 0.3 is 0 Å². The molecule has 0 bridgehead atoms. The Hall–Kier alpha value is -2.14. The van der Waals surface area contributed by atoms with Crippen LogP contribution in [0.5, 0.6) is 0 Å². The number of halogens is 1. The van der Waals surface area contributed by atoms with Gasteiger partial charge in [0, 0.05) is 28.7 Å². The Kier molecular flexibility index (Phi) is 5.53. The predicted molar refractivity (Wildman–Crippen MR) is 103 cm³/mol. The summed E-state index contributed by atoms with van der Waals surface area (Å²) in [7, 11) is 0. The average molecular weight is 401 g/mol. The first-order chi connectivity index (χ1) is 12.1. The second kappa shape index (κ2) is 7.83. The van der Waals surface area contributed by atoms with Crippen LogP contribution in [0.25, 0.3) is 0 Å². The van der Waals surface area contributed by atoms with E-state index in [9.17, 15) is 9.59 Å². The fraction of sp³-hybridized carbons (Fsp3) is 0.300. The predicted octanol–water partition coefficient (Wildman–Crippen LogP) is 4.46. The summed E-state index contributed by atoms with van der Waals surface area (Å²) < 4.78 is 1.02. The Labute approximate surface area is 156 Å². The Morgan fingerprint density at radius 1 is 1.16 bits per heavy atom. The highest BCUT2D eigenvalue weighted by Crippen LogP contribution is 2.23. The van der Waals surface area contributed by atoms with Crippen molar-refractivity contribution in [1.82, 2.24) is 5.32 Å². The molecule has 1 saturated heterocycles. The molecule has 1 aliphatic rings. The molecule has 0 aliphatic carbocycles. The molecule has 1 fully saturated rings. The van der Waals surface area contributed by atoms with Crippen molar-refractivity contribution in [3.05, 3.63) is 64.1 Å². The lowest BCUT2D eigenvalue weighted by molar-refractivity contribution is -0.117. The molecule has 2 aromatic carbocycles. The maximum absolute atomic E-state index is 12.6. The van der Waals surface area contributed by atoms with Gasteiger partial charge in [0.2, 0.25) is 5.91 Å². The average Bonchev–Trinajstić information content (AvgIpc) is 3.06. The minimum atomic E-state index is -0.103. The molecule has 2 aromatic rings. The molecule has 25 heavy (non-hydrogen) atoms. The first kappa shape index (κ1) is 17.7. The zero-order chi connectivity index (χ0) is 17.8. The Morgan fingerprint density at radius 3 is 2.40 bits per heavy atom. The minimum absolute atomic E-state index is 0.0274. The molecule has 0 aromatic heterocycles. The summed E-state index contributed by atoms with van der Waals surface area (Å²) in [5, 5.41) is 3.08. The topological polar surface area (TPSA) is 49.4 Å².